The molecule has 3 aromatic rings. The molecule has 0 fully saturated rings. The Morgan fingerprint density at radius 1 is 1.19 bits per heavy atom. The standard InChI is InChI=1S/C18H15BrClN3O3/c1-9(2)23-14-5-4-11(20)8-12(14)16(18(23)26)21-22-17(25)13-7-10(19)3-6-15(13)24/h3-9,24,26H,1-2H3. The van der Waals surface area contributed by atoms with Crippen LogP contribution >= 0.6 is 27.5 Å². The molecule has 3 rings (SSSR count). The summed E-state index contributed by atoms with van der Waals surface area (Å²) in [5, 5.41) is 29.1. The number of halogens is 2. The minimum absolute atomic E-state index is 0.00763. The minimum atomic E-state index is -0.726. The van der Waals surface area contributed by atoms with E-state index in [1.807, 2.05) is 13.8 Å². The van der Waals surface area contributed by atoms with Gasteiger partial charge in [-0.15, -0.1) is 10.2 Å². The van der Waals surface area contributed by atoms with Crippen molar-refractivity contribution in [3.8, 4) is 11.6 Å². The predicted molar refractivity (Wildman–Crippen MR) is 104 cm³/mol. The highest BCUT2D eigenvalue weighted by Gasteiger charge is 2.19. The summed E-state index contributed by atoms with van der Waals surface area (Å²) in [5.41, 5.74) is 0.890. The molecule has 0 saturated heterocycles. The largest absolute Gasteiger partial charge is 0.507 e. The first kappa shape index (κ1) is 18.4. The quantitative estimate of drug-likeness (QED) is 0.496. The van der Waals surface area contributed by atoms with Crippen molar-refractivity contribution in [1.82, 2.24) is 4.57 Å². The Hall–Kier alpha value is -2.38. The molecule has 0 aliphatic carbocycles. The number of rotatable bonds is 3. The van der Waals surface area contributed by atoms with Crippen molar-refractivity contribution in [1.29, 1.82) is 0 Å². The first-order valence-electron chi connectivity index (χ1n) is 7.76. The number of hydrogen-bond acceptors (Lipinski definition) is 4. The Bertz CT molecular complexity index is 1040. The van der Waals surface area contributed by atoms with Crippen LogP contribution in [0.3, 0.4) is 0 Å². The van der Waals surface area contributed by atoms with Gasteiger partial charge in [-0.3, -0.25) is 4.79 Å². The van der Waals surface area contributed by atoms with Gasteiger partial charge in [-0.05, 0) is 50.2 Å². The lowest BCUT2D eigenvalue weighted by molar-refractivity contribution is 0.0992. The molecule has 134 valence electrons. The van der Waals surface area contributed by atoms with Crippen LogP contribution in [0.1, 0.15) is 30.2 Å². The van der Waals surface area contributed by atoms with E-state index < -0.39 is 5.91 Å². The molecule has 1 amide bonds. The van der Waals surface area contributed by atoms with Crippen LogP contribution in [0.2, 0.25) is 5.02 Å². The fraction of sp³-hybridized carbons (Fsp3) is 0.167. The monoisotopic (exact) mass is 435 g/mol. The third-order valence-electron chi connectivity index (χ3n) is 3.86. The maximum atomic E-state index is 12.3. The number of hydrogen-bond donors (Lipinski definition) is 2. The third-order valence-corrected chi connectivity index (χ3v) is 4.59. The molecule has 0 aliphatic heterocycles. The number of azo groups is 1. The maximum absolute atomic E-state index is 12.3. The number of benzene rings is 2. The van der Waals surface area contributed by atoms with Crippen molar-refractivity contribution in [2.75, 3.05) is 0 Å². The van der Waals surface area contributed by atoms with Crippen LogP contribution in [-0.2, 0) is 0 Å². The Balaban J connectivity index is 2.09. The summed E-state index contributed by atoms with van der Waals surface area (Å²) in [7, 11) is 0. The van der Waals surface area contributed by atoms with Gasteiger partial charge in [0.1, 0.15) is 5.75 Å². The van der Waals surface area contributed by atoms with Crippen LogP contribution in [0.4, 0.5) is 5.69 Å². The van der Waals surface area contributed by atoms with Crippen molar-refractivity contribution in [3.63, 3.8) is 0 Å². The van der Waals surface area contributed by atoms with Gasteiger partial charge in [0.15, 0.2) is 5.69 Å². The Morgan fingerprint density at radius 3 is 2.62 bits per heavy atom. The molecule has 1 aromatic heterocycles. The molecule has 0 bridgehead atoms. The molecule has 2 N–H and O–H groups in total. The van der Waals surface area contributed by atoms with E-state index in [9.17, 15) is 15.0 Å². The zero-order valence-corrected chi connectivity index (χ0v) is 16.3. The highest BCUT2D eigenvalue weighted by molar-refractivity contribution is 9.10. The van der Waals surface area contributed by atoms with E-state index in [0.29, 0.717) is 14.9 Å². The summed E-state index contributed by atoms with van der Waals surface area (Å²) in [6, 6.07) is 9.55. The normalized spacial score (nSPS) is 11.7. The number of fused-ring (bicyclic) bond motifs is 1. The topological polar surface area (TPSA) is 87.2 Å². The van der Waals surface area contributed by atoms with Gasteiger partial charge in [-0.1, -0.05) is 27.5 Å². The molecular formula is C18H15BrClN3O3. The van der Waals surface area contributed by atoms with Gasteiger partial charge in [0, 0.05) is 20.9 Å². The van der Waals surface area contributed by atoms with E-state index in [1.54, 1.807) is 28.8 Å². The summed E-state index contributed by atoms with van der Waals surface area (Å²) < 4.78 is 2.31. The fourth-order valence-corrected chi connectivity index (χ4v) is 3.24. The van der Waals surface area contributed by atoms with Crippen molar-refractivity contribution in [2.24, 2.45) is 10.2 Å². The van der Waals surface area contributed by atoms with Gasteiger partial charge in [-0.2, -0.15) is 0 Å². The molecule has 6 nitrogen and oxygen atoms in total. The smallest absolute Gasteiger partial charge is 0.299 e. The summed E-state index contributed by atoms with van der Waals surface area (Å²) in [4.78, 5) is 12.3. The average molecular weight is 437 g/mol. The summed E-state index contributed by atoms with van der Waals surface area (Å²) in [6.45, 7) is 3.83. The lowest BCUT2D eigenvalue weighted by atomic mass is 10.2. The molecule has 0 unspecified atom stereocenters. The van der Waals surface area contributed by atoms with Crippen LogP contribution in [0, 0.1) is 0 Å². The van der Waals surface area contributed by atoms with E-state index in [4.69, 9.17) is 11.6 Å². The molecule has 26 heavy (non-hydrogen) atoms. The Labute approximate surface area is 162 Å². The summed E-state index contributed by atoms with van der Waals surface area (Å²) in [6.07, 6.45) is 0. The first-order valence-corrected chi connectivity index (χ1v) is 8.93. The lowest BCUT2D eigenvalue weighted by Gasteiger charge is -2.10. The molecule has 0 spiro atoms. The average Bonchev–Trinajstić information content (AvgIpc) is 2.85. The number of phenolic OH excluding ortho intramolecular Hbond substituents is 1. The minimum Gasteiger partial charge on any atom is -0.507 e. The van der Waals surface area contributed by atoms with Gasteiger partial charge >= 0.3 is 0 Å². The maximum Gasteiger partial charge on any atom is 0.299 e. The highest BCUT2D eigenvalue weighted by Crippen LogP contribution is 2.42. The van der Waals surface area contributed by atoms with Crippen LogP contribution in [0.25, 0.3) is 10.9 Å². The number of amides is 1. The number of phenols is 1. The Morgan fingerprint density at radius 2 is 1.92 bits per heavy atom. The van der Waals surface area contributed by atoms with Gasteiger partial charge in [0.25, 0.3) is 5.91 Å². The van der Waals surface area contributed by atoms with Gasteiger partial charge in [0.05, 0.1) is 11.1 Å². The molecule has 0 atom stereocenters. The summed E-state index contributed by atoms with van der Waals surface area (Å²) >= 11 is 9.30. The Kier molecular flexibility index (Phi) is 5.02. The van der Waals surface area contributed by atoms with E-state index in [-0.39, 0.29) is 28.9 Å². The molecule has 0 aliphatic rings. The molecule has 0 radical (unpaired) electrons. The number of aromatic nitrogens is 1. The van der Waals surface area contributed by atoms with E-state index in [2.05, 4.69) is 26.2 Å². The van der Waals surface area contributed by atoms with Crippen LogP contribution in [0.5, 0.6) is 11.6 Å². The second-order valence-corrected chi connectivity index (χ2v) is 7.32. The highest BCUT2D eigenvalue weighted by atomic mass is 79.9. The molecule has 2 aromatic carbocycles. The zero-order chi connectivity index (χ0) is 19.0. The number of carbonyl (C=O) groups excluding carboxylic acids is 1. The molecular weight excluding hydrogens is 422 g/mol. The van der Waals surface area contributed by atoms with E-state index in [0.717, 1.165) is 5.52 Å². The van der Waals surface area contributed by atoms with E-state index in [1.165, 1.54) is 12.1 Å². The number of carbonyl (C=O) groups is 1. The van der Waals surface area contributed by atoms with Crippen LogP contribution in [0.15, 0.2) is 51.1 Å². The number of nitrogens with zero attached hydrogens (tertiary/aromatic N) is 3. The van der Waals surface area contributed by atoms with Crippen molar-refractivity contribution < 1.29 is 15.0 Å². The van der Waals surface area contributed by atoms with Gasteiger partial charge in [0.2, 0.25) is 5.88 Å². The van der Waals surface area contributed by atoms with E-state index >= 15 is 0 Å². The zero-order valence-electron chi connectivity index (χ0n) is 13.9. The van der Waals surface area contributed by atoms with Crippen molar-refractivity contribution >= 4 is 50.0 Å². The molecule has 1 heterocycles. The van der Waals surface area contributed by atoms with Crippen LogP contribution in [-0.4, -0.2) is 20.7 Å². The van der Waals surface area contributed by atoms with Crippen LogP contribution < -0.4 is 0 Å². The SMILES string of the molecule is CC(C)n1c(O)c(N=NC(=O)c2cc(Br)ccc2O)c2cc(Cl)ccc21. The summed E-state index contributed by atoms with van der Waals surface area (Å²) in [5.74, 6) is -1.03. The molecule has 0 saturated carbocycles. The second-order valence-electron chi connectivity index (χ2n) is 5.96. The van der Waals surface area contributed by atoms with Crippen molar-refractivity contribution in [3.05, 3.63) is 51.5 Å². The fourth-order valence-electron chi connectivity index (χ4n) is 2.71. The van der Waals surface area contributed by atoms with Gasteiger partial charge in [-0.25, -0.2) is 0 Å². The number of aromatic hydroxyl groups is 2. The van der Waals surface area contributed by atoms with Crippen molar-refractivity contribution in [2.45, 2.75) is 19.9 Å². The van der Waals surface area contributed by atoms with Gasteiger partial charge < -0.3 is 14.8 Å². The second kappa shape index (κ2) is 7.09. The lowest BCUT2D eigenvalue weighted by Crippen LogP contribution is -1.98. The first-order chi connectivity index (χ1) is 12.3. The third kappa shape index (κ3) is 3.32. The molecule has 8 heteroatoms. The predicted octanol–water partition coefficient (Wildman–Crippen LogP) is 5.97.